The molecule has 0 N–H and O–H groups in total. The molecule has 6 aliphatic carbocycles. The summed E-state index contributed by atoms with van der Waals surface area (Å²) in [5.74, 6) is -2.22. The lowest BCUT2D eigenvalue weighted by Crippen LogP contribution is -2.49. The molecule has 2 aromatic carbocycles. The highest BCUT2D eigenvalue weighted by Crippen LogP contribution is 2.93. The largest absolute Gasteiger partial charge is 0.294 e. The second kappa shape index (κ2) is 6.49. The monoisotopic (exact) mass is 574 g/mol. The Balaban J connectivity index is 1.59. The van der Waals surface area contributed by atoms with Crippen molar-refractivity contribution in [2.75, 3.05) is 0 Å². The van der Waals surface area contributed by atoms with Crippen LogP contribution in [-0.2, 0) is 19.2 Å². The molecule has 0 aromatic heterocycles. The van der Waals surface area contributed by atoms with Crippen LogP contribution in [0.2, 0.25) is 0 Å². The highest BCUT2D eigenvalue weighted by molar-refractivity contribution is 9.10. The molecule has 0 amide bonds. The molecule has 8 rings (SSSR count). The number of benzene rings is 2. The van der Waals surface area contributed by atoms with E-state index in [4.69, 9.17) is 0 Å². The Morgan fingerprint density at radius 3 is 1.82 bits per heavy atom. The van der Waals surface area contributed by atoms with E-state index in [0.29, 0.717) is 5.57 Å². The topological polar surface area (TPSA) is 68.3 Å². The van der Waals surface area contributed by atoms with Crippen molar-refractivity contribution in [3.8, 4) is 0 Å². The van der Waals surface area contributed by atoms with Gasteiger partial charge in [-0.3, -0.25) is 19.2 Å². The van der Waals surface area contributed by atoms with Gasteiger partial charge < -0.3 is 0 Å². The Morgan fingerprint density at radius 2 is 1.18 bits per heavy atom. The van der Waals surface area contributed by atoms with Gasteiger partial charge in [-0.25, -0.2) is 0 Å². The van der Waals surface area contributed by atoms with Gasteiger partial charge in [-0.1, -0.05) is 56.1 Å². The van der Waals surface area contributed by atoms with Crippen LogP contribution in [0.1, 0.15) is 23.0 Å². The third-order valence-electron chi connectivity index (χ3n) is 8.68. The van der Waals surface area contributed by atoms with Gasteiger partial charge in [0.1, 0.15) is 0 Å². The average Bonchev–Trinajstić information content (AvgIpc) is 3.39. The molecule has 2 saturated carbocycles. The predicted molar refractivity (Wildman–Crippen MR) is 131 cm³/mol. The maximum atomic E-state index is 13.8. The second-order valence-electron chi connectivity index (χ2n) is 9.70. The number of ketones is 4. The van der Waals surface area contributed by atoms with Crippen molar-refractivity contribution in [2.45, 2.75) is 11.8 Å². The van der Waals surface area contributed by atoms with E-state index in [1.807, 2.05) is 48.5 Å². The quantitative estimate of drug-likeness (QED) is 0.471. The predicted octanol–water partition coefficient (Wildman–Crippen LogP) is 5.04. The first-order chi connectivity index (χ1) is 16.3. The van der Waals surface area contributed by atoms with Crippen molar-refractivity contribution in [1.82, 2.24) is 0 Å². The summed E-state index contributed by atoms with van der Waals surface area (Å²) in [6.07, 6.45) is 5.31. The Kier molecular flexibility index (Phi) is 3.94. The van der Waals surface area contributed by atoms with Crippen molar-refractivity contribution < 1.29 is 19.2 Å². The van der Waals surface area contributed by atoms with Gasteiger partial charge in [0, 0.05) is 31.9 Å². The van der Waals surface area contributed by atoms with Crippen LogP contribution >= 0.6 is 31.9 Å². The van der Waals surface area contributed by atoms with Crippen molar-refractivity contribution >= 4 is 55.0 Å². The number of allylic oxidation sites excluding steroid dienone is 6. The van der Waals surface area contributed by atoms with Crippen LogP contribution < -0.4 is 0 Å². The van der Waals surface area contributed by atoms with Crippen LogP contribution in [0, 0.1) is 22.7 Å². The van der Waals surface area contributed by atoms with E-state index in [9.17, 15) is 19.2 Å². The molecule has 2 fully saturated rings. The van der Waals surface area contributed by atoms with Gasteiger partial charge in [0.2, 0.25) is 0 Å². The lowest BCUT2D eigenvalue weighted by molar-refractivity contribution is -0.131. The van der Waals surface area contributed by atoms with E-state index >= 15 is 0 Å². The Hall–Kier alpha value is -2.70. The van der Waals surface area contributed by atoms with Gasteiger partial charge in [0.15, 0.2) is 23.1 Å². The summed E-state index contributed by atoms with van der Waals surface area (Å²) >= 11 is 6.97. The highest BCUT2D eigenvalue weighted by Gasteiger charge is 2.95. The third-order valence-corrected chi connectivity index (χ3v) is 9.74. The normalized spacial score (nSPS) is 36.6. The molecule has 2 spiro atoms. The fraction of sp³-hybridized carbons (Fsp3) is 0.214. The number of hydrogen-bond acceptors (Lipinski definition) is 4. The van der Waals surface area contributed by atoms with Gasteiger partial charge in [-0.2, -0.15) is 0 Å². The van der Waals surface area contributed by atoms with E-state index < -0.39 is 10.8 Å². The number of rotatable bonds is 2. The molecule has 0 saturated heterocycles. The summed E-state index contributed by atoms with van der Waals surface area (Å²) in [5, 5.41) is 0. The summed E-state index contributed by atoms with van der Waals surface area (Å²) < 4.78 is 1.83. The van der Waals surface area contributed by atoms with Crippen LogP contribution in [0.3, 0.4) is 0 Å². The molecule has 166 valence electrons. The smallest absolute Gasteiger partial charge is 0.183 e. The van der Waals surface area contributed by atoms with Gasteiger partial charge in [-0.15, -0.1) is 0 Å². The zero-order chi connectivity index (χ0) is 23.6. The lowest BCUT2D eigenvalue weighted by atomic mass is 9.53. The molecule has 2 aromatic rings. The number of hydrogen-bond donors (Lipinski definition) is 0. The molecule has 34 heavy (non-hydrogen) atoms. The minimum Gasteiger partial charge on any atom is -0.294 e. The molecular formula is C28H16Br2O4. The zero-order valence-corrected chi connectivity index (χ0v) is 20.8. The van der Waals surface area contributed by atoms with Crippen molar-refractivity contribution in [3.05, 3.63) is 104 Å². The van der Waals surface area contributed by atoms with E-state index in [1.165, 1.54) is 24.3 Å². The number of halogens is 2. The molecule has 6 atom stereocenters. The van der Waals surface area contributed by atoms with Gasteiger partial charge in [0.05, 0.1) is 10.8 Å². The Morgan fingerprint density at radius 1 is 0.618 bits per heavy atom. The lowest BCUT2D eigenvalue weighted by Gasteiger charge is -2.46. The first-order valence-electron chi connectivity index (χ1n) is 11.1. The second-order valence-corrected chi connectivity index (χ2v) is 11.5. The first kappa shape index (κ1) is 20.7. The molecule has 0 heterocycles. The molecule has 3 unspecified atom stereocenters. The molecule has 0 aliphatic heterocycles. The van der Waals surface area contributed by atoms with E-state index in [1.54, 1.807) is 0 Å². The van der Waals surface area contributed by atoms with Crippen LogP contribution in [0.5, 0.6) is 0 Å². The fourth-order valence-corrected chi connectivity index (χ4v) is 8.40. The Labute approximate surface area is 212 Å². The SMILES string of the molecule is O=C1C=CC(=O)C2=C1[C@@H]1C(c3ccc(Br)cc3)C34C(=O)C=CC(=O)C23[C@@H]4[C@@H]1c1ccc(Br)cc1. The molecular weight excluding hydrogens is 560 g/mol. The molecule has 4 nitrogen and oxygen atoms in total. The third kappa shape index (κ3) is 2.08. The van der Waals surface area contributed by atoms with Crippen LogP contribution in [-0.4, -0.2) is 23.1 Å². The van der Waals surface area contributed by atoms with Crippen LogP contribution in [0.4, 0.5) is 0 Å². The van der Waals surface area contributed by atoms with Crippen LogP contribution in [0.15, 0.2) is 92.9 Å². The Bertz CT molecular complexity index is 1460. The van der Waals surface area contributed by atoms with E-state index in [0.717, 1.165) is 20.1 Å². The van der Waals surface area contributed by atoms with Gasteiger partial charge in [0.25, 0.3) is 0 Å². The van der Waals surface area contributed by atoms with Gasteiger partial charge in [-0.05, 0) is 71.5 Å². The van der Waals surface area contributed by atoms with Gasteiger partial charge >= 0.3 is 0 Å². The summed E-state index contributed by atoms with van der Waals surface area (Å²) in [6, 6.07) is 15.6. The fourth-order valence-electron chi connectivity index (χ4n) is 7.87. The maximum Gasteiger partial charge on any atom is 0.183 e. The zero-order valence-electron chi connectivity index (χ0n) is 17.6. The molecule has 6 heteroatoms. The molecule has 0 radical (unpaired) electrons. The summed E-state index contributed by atoms with van der Waals surface area (Å²) in [6.45, 7) is 0. The first-order valence-corrected chi connectivity index (χ1v) is 12.7. The van der Waals surface area contributed by atoms with Crippen molar-refractivity contribution in [2.24, 2.45) is 22.7 Å². The number of carbonyl (C=O) groups is 4. The standard InChI is InChI=1S/C28H16Br2O4/c29-15-5-1-13(2-6-15)21-23-22-17(31)9-10-18(32)25(22)28-20(34)12-11-19(33)27(28,26(21)28)24(23)14-3-7-16(30)8-4-14/h1-12,21,23-24,26H/t21-,23-,24?,26-,27?,28?/m1/s1. The summed E-state index contributed by atoms with van der Waals surface area (Å²) in [4.78, 5) is 54.2. The number of carbonyl (C=O) groups excluding carboxylic acids is 4. The van der Waals surface area contributed by atoms with Crippen molar-refractivity contribution in [3.63, 3.8) is 0 Å². The van der Waals surface area contributed by atoms with Crippen LogP contribution in [0.25, 0.3) is 0 Å². The van der Waals surface area contributed by atoms with E-state index in [2.05, 4.69) is 31.9 Å². The summed E-state index contributed by atoms with van der Waals surface area (Å²) in [5.41, 5.74) is 0.268. The minimum absolute atomic E-state index is 0.115. The average molecular weight is 576 g/mol. The molecule has 4 bridgehead atoms. The van der Waals surface area contributed by atoms with E-state index in [-0.39, 0.29) is 52.4 Å². The summed E-state index contributed by atoms with van der Waals surface area (Å²) in [7, 11) is 0. The maximum absolute atomic E-state index is 13.8. The van der Waals surface area contributed by atoms with Crippen molar-refractivity contribution in [1.29, 1.82) is 0 Å². The minimum atomic E-state index is -1.28. The highest BCUT2D eigenvalue weighted by atomic mass is 79.9. The molecule has 6 aliphatic rings.